The minimum Gasteiger partial charge on any atom is -0.352 e. The van der Waals surface area contributed by atoms with E-state index in [1.807, 2.05) is 13.8 Å². The number of hydrogen-bond donors (Lipinski definition) is 1. The van der Waals surface area contributed by atoms with Crippen LogP contribution in [-0.2, 0) is 21.4 Å². The van der Waals surface area contributed by atoms with E-state index in [1.54, 1.807) is 31.3 Å². The van der Waals surface area contributed by atoms with Crippen LogP contribution in [0.1, 0.15) is 38.7 Å². The summed E-state index contributed by atoms with van der Waals surface area (Å²) >= 11 is 0. The predicted molar refractivity (Wildman–Crippen MR) is 94.9 cm³/mol. The largest absolute Gasteiger partial charge is 0.352 e. The third kappa shape index (κ3) is 4.45. The van der Waals surface area contributed by atoms with Crippen LogP contribution in [0.25, 0.3) is 0 Å². The van der Waals surface area contributed by atoms with Crippen LogP contribution >= 0.6 is 0 Å². The molecule has 0 fully saturated rings. The van der Waals surface area contributed by atoms with Gasteiger partial charge in [0.15, 0.2) is 0 Å². The molecule has 0 radical (unpaired) electrons. The molecule has 0 aromatic heterocycles. The Balaban J connectivity index is 1.97. The summed E-state index contributed by atoms with van der Waals surface area (Å²) in [5.74, 6) is 0.116. The van der Waals surface area contributed by atoms with Gasteiger partial charge >= 0.3 is 0 Å². The Bertz CT molecular complexity index is 693. The highest BCUT2D eigenvalue weighted by Gasteiger charge is 2.23. The zero-order valence-electron chi connectivity index (χ0n) is 14.5. The van der Waals surface area contributed by atoms with Crippen LogP contribution in [0, 0.1) is 5.92 Å². The molecule has 24 heavy (non-hydrogen) atoms. The van der Waals surface area contributed by atoms with E-state index in [-0.39, 0.29) is 22.8 Å². The number of carbonyl (C=O) groups is 1. The van der Waals surface area contributed by atoms with E-state index < -0.39 is 10.0 Å². The second-order valence-electron chi connectivity index (χ2n) is 6.46. The predicted octanol–water partition coefficient (Wildman–Crippen LogP) is 2.69. The number of nitrogens with one attached hydrogen (secondary N) is 1. The van der Waals surface area contributed by atoms with Crippen molar-refractivity contribution >= 4 is 15.9 Å². The molecule has 1 N–H and O–H groups in total. The third-order valence-electron chi connectivity index (χ3n) is 4.43. The molecule has 2 rings (SSSR count). The molecule has 0 saturated heterocycles. The van der Waals surface area contributed by atoms with Gasteiger partial charge in [0.25, 0.3) is 0 Å². The molecule has 5 nitrogen and oxygen atoms in total. The number of rotatable bonds is 6. The van der Waals surface area contributed by atoms with Gasteiger partial charge in [0, 0.05) is 25.6 Å². The van der Waals surface area contributed by atoms with Crippen molar-refractivity contribution in [2.24, 2.45) is 5.92 Å². The Morgan fingerprint density at radius 2 is 1.92 bits per heavy atom. The molecular formula is C18H26N2O3S. The fourth-order valence-electron chi connectivity index (χ4n) is 2.59. The Hall–Kier alpha value is -1.66. The fraction of sp³-hybridized carbons (Fsp3) is 0.500. The van der Waals surface area contributed by atoms with Crippen LogP contribution in [-0.4, -0.2) is 31.7 Å². The van der Waals surface area contributed by atoms with Crippen molar-refractivity contribution in [2.75, 3.05) is 7.05 Å². The molecule has 1 aromatic carbocycles. The van der Waals surface area contributed by atoms with Crippen molar-refractivity contribution in [3.05, 3.63) is 42.0 Å². The van der Waals surface area contributed by atoms with Crippen LogP contribution in [0.4, 0.5) is 0 Å². The molecule has 1 aliphatic carbocycles. The maximum atomic E-state index is 12.4. The van der Waals surface area contributed by atoms with E-state index in [0.29, 0.717) is 6.54 Å². The first-order valence-corrected chi connectivity index (χ1v) is 9.76. The maximum Gasteiger partial charge on any atom is 0.243 e. The molecule has 1 atom stereocenters. The van der Waals surface area contributed by atoms with Crippen LogP contribution in [0.15, 0.2) is 41.3 Å². The standard InChI is InChI=1S/C18H26N2O3S/c1-14(2)20(3)24(22,23)17-11-9-15(10-12-17)13-19-18(21)16-7-5-4-6-8-16/h4-5,9-12,14,16H,6-8,13H2,1-3H3,(H,19,21). The number of carbonyl (C=O) groups excluding carboxylic acids is 1. The minimum absolute atomic E-state index is 0.0503. The molecule has 1 aliphatic rings. The molecule has 6 heteroatoms. The summed E-state index contributed by atoms with van der Waals surface area (Å²) in [6.07, 6.45) is 6.80. The average Bonchev–Trinajstić information content (AvgIpc) is 2.60. The number of nitrogens with zero attached hydrogens (tertiary/aromatic N) is 1. The molecule has 0 spiro atoms. The van der Waals surface area contributed by atoms with E-state index in [0.717, 1.165) is 24.8 Å². The van der Waals surface area contributed by atoms with E-state index >= 15 is 0 Å². The lowest BCUT2D eigenvalue weighted by Gasteiger charge is -2.21. The molecule has 1 unspecified atom stereocenters. The van der Waals surface area contributed by atoms with E-state index in [9.17, 15) is 13.2 Å². The van der Waals surface area contributed by atoms with Crippen LogP contribution in [0.5, 0.6) is 0 Å². The Kier molecular flexibility index (Phi) is 6.18. The first-order valence-electron chi connectivity index (χ1n) is 8.32. The summed E-state index contributed by atoms with van der Waals surface area (Å²) < 4.78 is 26.2. The van der Waals surface area contributed by atoms with Crippen LogP contribution < -0.4 is 5.32 Å². The Morgan fingerprint density at radius 3 is 2.46 bits per heavy atom. The highest BCUT2D eigenvalue weighted by atomic mass is 32.2. The van der Waals surface area contributed by atoms with Gasteiger partial charge in [-0.25, -0.2) is 8.42 Å². The van der Waals surface area contributed by atoms with Crippen molar-refractivity contribution in [1.29, 1.82) is 0 Å². The van der Waals surface area contributed by atoms with Gasteiger partial charge in [0.05, 0.1) is 4.90 Å². The first-order chi connectivity index (χ1) is 11.3. The molecular weight excluding hydrogens is 324 g/mol. The lowest BCUT2D eigenvalue weighted by atomic mass is 9.93. The summed E-state index contributed by atoms with van der Waals surface area (Å²) in [6.45, 7) is 4.09. The molecule has 1 amide bonds. The fourth-order valence-corrected chi connectivity index (χ4v) is 3.96. The van der Waals surface area contributed by atoms with Gasteiger partial charge in [0.1, 0.15) is 0 Å². The average molecular weight is 350 g/mol. The number of sulfonamides is 1. The zero-order chi connectivity index (χ0) is 17.7. The van der Waals surface area contributed by atoms with Gasteiger partial charge in [0.2, 0.25) is 15.9 Å². The number of hydrogen-bond acceptors (Lipinski definition) is 3. The topological polar surface area (TPSA) is 66.5 Å². The van der Waals surface area contributed by atoms with Crippen LogP contribution in [0.3, 0.4) is 0 Å². The molecule has 132 valence electrons. The van der Waals surface area contributed by atoms with E-state index in [4.69, 9.17) is 0 Å². The SMILES string of the molecule is CC(C)N(C)S(=O)(=O)c1ccc(CNC(=O)C2CC=CCC2)cc1. The smallest absolute Gasteiger partial charge is 0.243 e. The second-order valence-corrected chi connectivity index (χ2v) is 8.46. The van der Waals surface area contributed by atoms with Gasteiger partial charge in [-0.05, 0) is 50.8 Å². The Morgan fingerprint density at radius 1 is 1.25 bits per heavy atom. The highest BCUT2D eigenvalue weighted by molar-refractivity contribution is 7.89. The summed E-state index contributed by atoms with van der Waals surface area (Å²) in [5.41, 5.74) is 0.890. The number of benzene rings is 1. The third-order valence-corrected chi connectivity index (χ3v) is 6.48. The van der Waals surface area contributed by atoms with Gasteiger partial charge in [-0.2, -0.15) is 4.31 Å². The first kappa shape index (κ1) is 18.7. The molecule has 0 saturated carbocycles. The monoisotopic (exact) mass is 350 g/mol. The van der Waals surface area contributed by atoms with E-state index in [2.05, 4.69) is 17.5 Å². The van der Waals surface area contributed by atoms with Crippen molar-refractivity contribution in [1.82, 2.24) is 9.62 Å². The lowest BCUT2D eigenvalue weighted by Crippen LogP contribution is -2.33. The second kappa shape index (κ2) is 7.94. The molecule has 0 heterocycles. The van der Waals surface area contributed by atoms with E-state index in [1.165, 1.54) is 4.31 Å². The molecule has 0 bridgehead atoms. The summed E-state index contributed by atoms with van der Waals surface area (Å²) in [7, 11) is -1.89. The van der Waals surface area contributed by atoms with Crippen molar-refractivity contribution in [2.45, 2.75) is 50.6 Å². The van der Waals surface area contributed by atoms with Crippen molar-refractivity contribution < 1.29 is 13.2 Å². The Labute approximate surface area is 144 Å². The van der Waals surface area contributed by atoms with Crippen LogP contribution in [0.2, 0.25) is 0 Å². The van der Waals surface area contributed by atoms with Gasteiger partial charge in [-0.3, -0.25) is 4.79 Å². The van der Waals surface area contributed by atoms with Gasteiger partial charge in [-0.15, -0.1) is 0 Å². The van der Waals surface area contributed by atoms with Gasteiger partial charge < -0.3 is 5.32 Å². The zero-order valence-corrected chi connectivity index (χ0v) is 15.3. The summed E-state index contributed by atoms with van der Waals surface area (Å²) in [4.78, 5) is 12.4. The van der Waals surface area contributed by atoms with Crippen molar-refractivity contribution in [3.8, 4) is 0 Å². The lowest BCUT2D eigenvalue weighted by molar-refractivity contribution is -0.125. The normalized spacial score (nSPS) is 18.1. The quantitative estimate of drug-likeness (QED) is 0.802. The van der Waals surface area contributed by atoms with Gasteiger partial charge in [-0.1, -0.05) is 24.3 Å². The highest BCUT2D eigenvalue weighted by Crippen LogP contribution is 2.19. The molecule has 1 aromatic rings. The minimum atomic E-state index is -3.47. The number of allylic oxidation sites excluding steroid dienone is 2. The molecule has 0 aliphatic heterocycles. The summed E-state index contributed by atoms with van der Waals surface area (Å²) in [5, 5.41) is 2.94. The summed E-state index contributed by atoms with van der Waals surface area (Å²) in [6, 6.07) is 6.60. The number of amides is 1. The van der Waals surface area contributed by atoms with Crippen molar-refractivity contribution in [3.63, 3.8) is 0 Å². The maximum absolute atomic E-state index is 12.4.